The second-order valence-electron chi connectivity index (χ2n) is 5.69. The van der Waals surface area contributed by atoms with Crippen LogP contribution in [0.15, 0.2) is 22.7 Å². The van der Waals surface area contributed by atoms with Gasteiger partial charge in [0, 0.05) is 22.0 Å². The molecular weight excluding hydrogens is 370 g/mol. The highest BCUT2D eigenvalue weighted by Gasteiger charge is 2.26. The SMILES string of the molecule is O=C(CCc1cc(Cl)ccc1Br)NC1CCC(C(=O)O)CC1. The van der Waals surface area contributed by atoms with Crippen LogP contribution in [-0.2, 0) is 16.0 Å². The van der Waals surface area contributed by atoms with E-state index in [0.29, 0.717) is 30.7 Å². The van der Waals surface area contributed by atoms with Crippen molar-refractivity contribution in [2.75, 3.05) is 0 Å². The van der Waals surface area contributed by atoms with Crippen LogP contribution in [0.2, 0.25) is 5.02 Å². The maximum Gasteiger partial charge on any atom is 0.306 e. The molecule has 6 heteroatoms. The minimum Gasteiger partial charge on any atom is -0.481 e. The van der Waals surface area contributed by atoms with E-state index >= 15 is 0 Å². The third-order valence-electron chi connectivity index (χ3n) is 4.07. The Morgan fingerprint density at radius 1 is 1.27 bits per heavy atom. The van der Waals surface area contributed by atoms with Gasteiger partial charge in [0.2, 0.25) is 5.91 Å². The van der Waals surface area contributed by atoms with E-state index in [1.54, 1.807) is 6.07 Å². The zero-order valence-corrected chi connectivity index (χ0v) is 14.5. The fraction of sp³-hybridized carbons (Fsp3) is 0.500. The number of carboxylic acids is 1. The lowest BCUT2D eigenvalue weighted by molar-refractivity contribution is -0.142. The summed E-state index contributed by atoms with van der Waals surface area (Å²) >= 11 is 9.41. The first-order chi connectivity index (χ1) is 10.5. The van der Waals surface area contributed by atoms with Crippen LogP contribution >= 0.6 is 27.5 Å². The third kappa shape index (κ3) is 4.99. The largest absolute Gasteiger partial charge is 0.481 e. The summed E-state index contributed by atoms with van der Waals surface area (Å²) in [6.45, 7) is 0. The Hall–Kier alpha value is -1.07. The van der Waals surface area contributed by atoms with Crippen molar-refractivity contribution in [3.05, 3.63) is 33.3 Å². The van der Waals surface area contributed by atoms with Gasteiger partial charge in [-0.2, -0.15) is 0 Å². The first-order valence-electron chi connectivity index (χ1n) is 7.42. The van der Waals surface area contributed by atoms with Crippen molar-refractivity contribution in [3.8, 4) is 0 Å². The lowest BCUT2D eigenvalue weighted by atomic mass is 9.86. The van der Waals surface area contributed by atoms with E-state index in [0.717, 1.165) is 22.9 Å². The molecule has 0 saturated heterocycles. The van der Waals surface area contributed by atoms with Crippen LogP contribution in [0, 0.1) is 5.92 Å². The zero-order chi connectivity index (χ0) is 16.1. The number of hydrogen-bond donors (Lipinski definition) is 2. The van der Waals surface area contributed by atoms with Crippen molar-refractivity contribution in [1.29, 1.82) is 0 Å². The molecule has 0 radical (unpaired) electrons. The van der Waals surface area contributed by atoms with Gasteiger partial charge in [0.05, 0.1) is 5.92 Å². The van der Waals surface area contributed by atoms with Crippen LogP contribution in [0.3, 0.4) is 0 Å². The van der Waals surface area contributed by atoms with Gasteiger partial charge in [-0.1, -0.05) is 27.5 Å². The van der Waals surface area contributed by atoms with E-state index in [-0.39, 0.29) is 17.9 Å². The number of carbonyl (C=O) groups is 2. The summed E-state index contributed by atoms with van der Waals surface area (Å²) < 4.78 is 0.951. The molecule has 2 N–H and O–H groups in total. The van der Waals surface area contributed by atoms with Gasteiger partial charge < -0.3 is 10.4 Å². The summed E-state index contributed by atoms with van der Waals surface area (Å²) in [5.74, 6) is -0.975. The molecule has 0 atom stereocenters. The van der Waals surface area contributed by atoms with Gasteiger partial charge >= 0.3 is 5.97 Å². The summed E-state index contributed by atoms with van der Waals surface area (Å²) in [5.41, 5.74) is 1.01. The highest BCUT2D eigenvalue weighted by Crippen LogP contribution is 2.25. The molecule has 0 aliphatic heterocycles. The molecule has 0 bridgehead atoms. The fourth-order valence-corrected chi connectivity index (χ4v) is 3.41. The molecule has 1 amide bonds. The van der Waals surface area contributed by atoms with Gasteiger partial charge in [0.1, 0.15) is 0 Å². The van der Waals surface area contributed by atoms with Crippen molar-refractivity contribution in [2.45, 2.75) is 44.6 Å². The second-order valence-corrected chi connectivity index (χ2v) is 6.98. The minimum atomic E-state index is -0.726. The number of aryl methyl sites for hydroxylation is 1. The molecule has 1 aromatic carbocycles. The molecule has 1 aliphatic rings. The van der Waals surface area contributed by atoms with E-state index in [2.05, 4.69) is 21.2 Å². The Balaban J connectivity index is 1.77. The lowest BCUT2D eigenvalue weighted by Gasteiger charge is -2.26. The van der Waals surface area contributed by atoms with Crippen molar-refractivity contribution >= 4 is 39.4 Å². The van der Waals surface area contributed by atoms with E-state index in [1.165, 1.54) is 0 Å². The summed E-state index contributed by atoms with van der Waals surface area (Å²) in [5, 5.41) is 12.6. The molecule has 0 spiro atoms. The maximum absolute atomic E-state index is 12.0. The molecule has 2 rings (SSSR count). The van der Waals surface area contributed by atoms with Crippen molar-refractivity contribution in [2.24, 2.45) is 5.92 Å². The van der Waals surface area contributed by atoms with Crippen molar-refractivity contribution in [3.63, 3.8) is 0 Å². The standard InChI is InChI=1S/C16H19BrClNO3/c17-14-7-4-12(18)9-11(14)3-8-15(20)19-13-5-1-10(2-6-13)16(21)22/h4,7,9-10,13H,1-3,5-6,8H2,(H,19,20)(H,21,22). The Labute approximate surface area is 143 Å². The van der Waals surface area contributed by atoms with Crippen LogP contribution in [0.1, 0.15) is 37.7 Å². The molecule has 1 fully saturated rings. The highest BCUT2D eigenvalue weighted by molar-refractivity contribution is 9.10. The fourth-order valence-electron chi connectivity index (χ4n) is 2.77. The Kier molecular flexibility index (Phi) is 6.26. The predicted molar refractivity (Wildman–Crippen MR) is 89.0 cm³/mol. The molecule has 4 nitrogen and oxygen atoms in total. The van der Waals surface area contributed by atoms with E-state index in [4.69, 9.17) is 16.7 Å². The predicted octanol–water partition coefficient (Wildman–Crippen LogP) is 3.79. The number of hydrogen-bond acceptors (Lipinski definition) is 2. The average Bonchev–Trinajstić information content (AvgIpc) is 2.49. The zero-order valence-electron chi connectivity index (χ0n) is 12.1. The molecule has 0 heterocycles. The Morgan fingerprint density at radius 2 is 1.95 bits per heavy atom. The maximum atomic E-state index is 12.0. The lowest BCUT2D eigenvalue weighted by Crippen LogP contribution is -2.38. The van der Waals surface area contributed by atoms with Crippen LogP contribution < -0.4 is 5.32 Å². The smallest absolute Gasteiger partial charge is 0.306 e. The Morgan fingerprint density at radius 3 is 2.59 bits per heavy atom. The first-order valence-corrected chi connectivity index (χ1v) is 8.59. The van der Waals surface area contributed by atoms with Gasteiger partial charge in [0.15, 0.2) is 0 Å². The number of carbonyl (C=O) groups excluding carboxylic acids is 1. The van der Waals surface area contributed by atoms with Crippen molar-refractivity contribution < 1.29 is 14.7 Å². The number of halogens is 2. The number of rotatable bonds is 5. The van der Waals surface area contributed by atoms with E-state index in [9.17, 15) is 9.59 Å². The number of carboxylic acid groups (broad SMARTS) is 1. The summed E-state index contributed by atoms with van der Waals surface area (Å²) in [6, 6.07) is 5.64. The topological polar surface area (TPSA) is 66.4 Å². The molecule has 0 unspecified atom stereocenters. The molecule has 1 saturated carbocycles. The van der Waals surface area contributed by atoms with Crippen molar-refractivity contribution in [1.82, 2.24) is 5.32 Å². The first kappa shape index (κ1) is 17.3. The van der Waals surface area contributed by atoms with Gasteiger partial charge in [-0.3, -0.25) is 9.59 Å². The highest BCUT2D eigenvalue weighted by atomic mass is 79.9. The second kappa shape index (κ2) is 7.97. The summed E-state index contributed by atoms with van der Waals surface area (Å²) in [6.07, 6.45) is 3.78. The van der Waals surface area contributed by atoms with Gasteiger partial charge in [-0.15, -0.1) is 0 Å². The van der Waals surface area contributed by atoms with Crippen LogP contribution in [0.5, 0.6) is 0 Å². The molecule has 120 valence electrons. The van der Waals surface area contributed by atoms with Crippen LogP contribution in [0.4, 0.5) is 0 Å². The molecular formula is C16H19BrClNO3. The van der Waals surface area contributed by atoms with E-state index < -0.39 is 5.97 Å². The normalized spacial score (nSPS) is 21.4. The third-order valence-corrected chi connectivity index (χ3v) is 5.08. The monoisotopic (exact) mass is 387 g/mol. The number of aliphatic carboxylic acids is 1. The number of amides is 1. The number of benzene rings is 1. The van der Waals surface area contributed by atoms with Gasteiger partial charge in [-0.25, -0.2) is 0 Å². The summed E-state index contributed by atoms with van der Waals surface area (Å²) in [7, 11) is 0. The molecule has 1 aromatic rings. The van der Waals surface area contributed by atoms with Gasteiger partial charge in [0.25, 0.3) is 0 Å². The quantitative estimate of drug-likeness (QED) is 0.806. The van der Waals surface area contributed by atoms with E-state index in [1.807, 2.05) is 12.1 Å². The van der Waals surface area contributed by atoms with Crippen LogP contribution in [-0.4, -0.2) is 23.0 Å². The molecule has 1 aliphatic carbocycles. The minimum absolute atomic E-state index is 0.00523. The van der Waals surface area contributed by atoms with Gasteiger partial charge in [-0.05, 0) is 55.9 Å². The van der Waals surface area contributed by atoms with Crippen LogP contribution in [0.25, 0.3) is 0 Å². The summed E-state index contributed by atoms with van der Waals surface area (Å²) in [4.78, 5) is 22.9. The molecule has 22 heavy (non-hydrogen) atoms. The molecule has 0 aromatic heterocycles. The number of nitrogens with one attached hydrogen (secondary N) is 1. The Bertz CT molecular complexity index is 556. The average molecular weight is 389 g/mol.